The van der Waals surface area contributed by atoms with Crippen molar-refractivity contribution in [2.75, 3.05) is 0 Å². The summed E-state index contributed by atoms with van der Waals surface area (Å²) in [6, 6.07) is 2.76. The van der Waals surface area contributed by atoms with Gasteiger partial charge >= 0.3 is 5.97 Å². The predicted molar refractivity (Wildman–Crippen MR) is 52.9 cm³/mol. The molecule has 3 N–H and O–H groups in total. The van der Waals surface area contributed by atoms with Gasteiger partial charge in [0.2, 0.25) is 11.8 Å². The first-order valence-corrected chi connectivity index (χ1v) is 4.57. The third kappa shape index (κ3) is 2.03. The first kappa shape index (κ1) is 11.8. The first-order valence-electron chi connectivity index (χ1n) is 4.57. The fourth-order valence-electron chi connectivity index (χ4n) is 1.45. The maximum absolute atomic E-state index is 10.9. The number of aliphatic carboxylic acids is 1. The van der Waals surface area contributed by atoms with Crippen LogP contribution in [0.15, 0.2) is 6.07 Å². The molecule has 1 aromatic heterocycles. The molecule has 0 radical (unpaired) electrons. The van der Waals surface area contributed by atoms with Gasteiger partial charge < -0.3 is 15.3 Å². The third-order valence-electron chi connectivity index (χ3n) is 2.21. The zero-order valence-electron chi connectivity index (χ0n) is 8.51. The predicted octanol–water partition coefficient (Wildman–Crippen LogP) is 0.943. The standard InChI is InChI=1S/C10H10N2O4/c1-2-5(10(15)16)6-3-8(13)12-9(14)7(6)4-11/h3,5H,2H2,1H3,(H,15,16)(H2,12,13,14). The molecule has 1 heterocycles. The number of carboxylic acid groups (broad SMARTS) is 1. The quantitative estimate of drug-likeness (QED) is 0.701. The fraction of sp³-hybridized carbons (Fsp3) is 0.300. The molecule has 0 fully saturated rings. The van der Waals surface area contributed by atoms with Crippen molar-refractivity contribution in [3.8, 4) is 17.8 Å². The van der Waals surface area contributed by atoms with Crippen molar-refractivity contribution in [2.24, 2.45) is 0 Å². The number of aromatic nitrogens is 1. The summed E-state index contributed by atoms with van der Waals surface area (Å²) < 4.78 is 0. The zero-order chi connectivity index (χ0) is 12.3. The molecule has 84 valence electrons. The summed E-state index contributed by atoms with van der Waals surface area (Å²) in [6.45, 7) is 1.63. The van der Waals surface area contributed by atoms with Crippen LogP contribution < -0.4 is 0 Å². The summed E-state index contributed by atoms with van der Waals surface area (Å²) in [7, 11) is 0. The smallest absolute Gasteiger partial charge is 0.311 e. The van der Waals surface area contributed by atoms with E-state index in [2.05, 4.69) is 4.98 Å². The minimum absolute atomic E-state index is 0.0718. The van der Waals surface area contributed by atoms with Gasteiger partial charge in [0.1, 0.15) is 11.6 Å². The molecular weight excluding hydrogens is 212 g/mol. The summed E-state index contributed by atoms with van der Waals surface area (Å²) in [6.07, 6.45) is 0.243. The van der Waals surface area contributed by atoms with Crippen LogP contribution in [0.4, 0.5) is 0 Å². The van der Waals surface area contributed by atoms with Crippen molar-refractivity contribution < 1.29 is 20.1 Å². The highest BCUT2D eigenvalue weighted by Crippen LogP contribution is 2.30. The molecule has 0 saturated heterocycles. The Bertz CT molecular complexity index is 465. The molecule has 1 unspecified atom stereocenters. The van der Waals surface area contributed by atoms with Crippen LogP contribution in [0.1, 0.15) is 30.4 Å². The molecule has 6 heteroatoms. The Labute approximate surface area is 91.4 Å². The zero-order valence-corrected chi connectivity index (χ0v) is 8.51. The molecule has 16 heavy (non-hydrogen) atoms. The number of carboxylic acids is 1. The number of pyridine rings is 1. The van der Waals surface area contributed by atoms with E-state index < -0.39 is 23.6 Å². The number of aromatic hydroxyl groups is 2. The van der Waals surface area contributed by atoms with Gasteiger partial charge in [-0.15, -0.1) is 0 Å². The van der Waals surface area contributed by atoms with Crippen LogP contribution in [-0.4, -0.2) is 26.3 Å². The number of nitriles is 1. The van der Waals surface area contributed by atoms with E-state index >= 15 is 0 Å². The van der Waals surface area contributed by atoms with Gasteiger partial charge in [-0.2, -0.15) is 10.2 Å². The number of hydrogen-bond acceptors (Lipinski definition) is 5. The molecule has 0 spiro atoms. The minimum atomic E-state index is -1.12. The first-order chi connectivity index (χ1) is 7.51. The Kier molecular flexibility index (Phi) is 3.30. The van der Waals surface area contributed by atoms with E-state index in [0.29, 0.717) is 0 Å². The third-order valence-corrected chi connectivity index (χ3v) is 2.21. The van der Waals surface area contributed by atoms with Crippen LogP contribution in [0.2, 0.25) is 0 Å². The normalized spacial score (nSPS) is 11.8. The van der Waals surface area contributed by atoms with Crippen molar-refractivity contribution in [3.05, 3.63) is 17.2 Å². The second-order valence-electron chi connectivity index (χ2n) is 3.18. The van der Waals surface area contributed by atoms with E-state index in [0.717, 1.165) is 6.07 Å². The molecule has 0 bridgehead atoms. The minimum Gasteiger partial charge on any atom is -0.493 e. The molecule has 1 atom stereocenters. The molecule has 6 nitrogen and oxygen atoms in total. The molecule has 0 aliphatic heterocycles. The molecule has 0 aromatic carbocycles. The van der Waals surface area contributed by atoms with Gasteiger partial charge in [0.15, 0.2) is 0 Å². The summed E-state index contributed by atoms with van der Waals surface area (Å²) >= 11 is 0. The Hall–Kier alpha value is -2.29. The molecule has 0 aliphatic carbocycles. The maximum Gasteiger partial charge on any atom is 0.311 e. The second-order valence-corrected chi connectivity index (χ2v) is 3.18. The van der Waals surface area contributed by atoms with Gasteiger partial charge in [0, 0.05) is 6.07 Å². The summed E-state index contributed by atoms with van der Waals surface area (Å²) in [5, 5.41) is 36.2. The highest BCUT2D eigenvalue weighted by atomic mass is 16.4. The topological polar surface area (TPSA) is 114 Å². The van der Waals surface area contributed by atoms with Crippen LogP contribution in [0.25, 0.3) is 0 Å². The lowest BCUT2D eigenvalue weighted by atomic mass is 9.93. The molecule has 1 rings (SSSR count). The van der Waals surface area contributed by atoms with Crippen LogP contribution in [0.3, 0.4) is 0 Å². The molecule has 1 aromatic rings. The van der Waals surface area contributed by atoms with Gasteiger partial charge in [0.05, 0.1) is 5.92 Å². The van der Waals surface area contributed by atoms with Crippen LogP contribution in [-0.2, 0) is 4.79 Å². The monoisotopic (exact) mass is 222 g/mol. The summed E-state index contributed by atoms with van der Waals surface area (Å²) in [5.74, 6) is -3.23. The summed E-state index contributed by atoms with van der Waals surface area (Å²) in [5.41, 5.74) is -0.144. The van der Waals surface area contributed by atoms with Gasteiger partial charge in [0.25, 0.3) is 0 Å². The van der Waals surface area contributed by atoms with Crippen molar-refractivity contribution in [3.63, 3.8) is 0 Å². The van der Waals surface area contributed by atoms with Crippen molar-refractivity contribution in [2.45, 2.75) is 19.3 Å². The van der Waals surface area contributed by atoms with Crippen molar-refractivity contribution in [1.29, 1.82) is 5.26 Å². The average molecular weight is 222 g/mol. The Balaban J connectivity index is 3.42. The van der Waals surface area contributed by atoms with E-state index in [9.17, 15) is 9.90 Å². The van der Waals surface area contributed by atoms with Gasteiger partial charge in [-0.3, -0.25) is 4.79 Å². The van der Waals surface area contributed by atoms with E-state index in [1.807, 2.05) is 0 Å². The highest BCUT2D eigenvalue weighted by Gasteiger charge is 2.24. The molecule has 0 amide bonds. The Morgan fingerprint density at radius 3 is 2.69 bits per heavy atom. The highest BCUT2D eigenvalue weighted by molar-refractivity contribution is 5.77. The molecule has 0 saturated carbocycles. The average Bonchev–Trinajstić information content (AvgIpc) is 2.17. The lowest BCUT2D eigenvalue weighted by molar-refractivity contribution is -0.138. The van der Waals surface area contributed by atoms with Gasteiger partial charge in [-0.25, -0.2) is 0 Å². The van der Waals surface area contributed by atoms with E-state index in [4.69, 9.17) is 15.5 Å². The number of hydrogen-bond donors (Lipinski definition) is 3. The van der Waals surface area contributed by atoms with Crippen LogP contribution in [0, 0.1) is 11.3 Å². The van der Waals surface area contributed by atoms with Crippen molar-refractivity contribution in [1.82, 2.24) is 4.98 Å². The largest absolute Gasteiger partial charge is 0.493 e. The van der Waals surface area contributed by atoms with E-state index in [1.165, 1.54) is 0 Å². The molecular formula is C10H10N2O4. The van der Waals surface area contributed by atoms with E-state index in [1.54, 1.807) is 13.0 Å². The number of nitrogens with zero attached hydrogens (tertiary/aromatic N) is 2. The molecule has 0 aliphatic rings. The Morgan fingerprint density at radius 2 is 2.25 bits per heavy atom. The van der Waals surface area contributed by atoms with Gasteiger partial charge in [-0.1, -0.05) is 6.92 Å². The second kappa shape index (κ2) is 4.49. The number of rotatable bonds is 3. The lowest BCUT2D eigenvalue weighted by Crippen LogP contribution is -2.12. The fourth-order valence-corrected chi connectivity index (χ4v) is 1.45. The van der Waals surface area contributed by atoms with Gasteiger partial charge in [-0.05, 0) is 12.0 Å². The maximum atomic E-state index is 10.9. The Morgan fingerprint density at radius 1 is 1.62 bits per heavy atom. The van der Waals surface area contributed by atoms with E-state index in [-0.39, 0.29) is 17.5 Å². The SMILES string of the molecule is CCC(C(=O)O)c1cc(O)nc(O)c1C#N. The van der Waals surface area contributed by atoms with Crippen molar-refractivity contribution >= 4 is 5.97 Å². The summed E-state index contributed by atoms with van der Waals surface area (Å²) in [4.78, 5) is 14.2. The number of carbonyl (C=O) groups is 1. The van der Waals surface area contributed by atoms with Crippen LogP contribution >= 0.6 is 0 Å². The lowest BCUT2D eigenvalue weighted by Gasteiger charge is -2.12. The van der Waals surface area contributed by atoms with Crippen LogP contribution in [0.5, 0.6) is 11.8 Å².